The zero-order valence-corrected chi connectivity index (χ0v) is 29.5. The quantitative estimate of drug-likeness (QED) is 0.166. The number of aromatic nitrogens is 2. The van der Waals surface area contributed by atoms with Crippen LogP contribution in [0.2, 0.25) is 0 Å². The van der Waals surface area contributed by atoms with Gasteiger partial charge in [0.25, 0.3) is 10.0 Å². The molecule has 0 spiro atoms. The van der Waals surface area contributed by atoms with Gasteiger partial charge in [0.15, 0.2) is 0 Å². The first-order valence-corrected chi connectivity index (χ1v) is 17.6. The van der Waals surface area contributed by atoms with Crippen LogP contribution in [0.15, 0.2) is 119 Å². The number of ether oxygens (including phenoxy) is 2. The minimum atomic E-state index is -4.19. The Morgan fingerprint density at radius 3 is 1.90 bits per heavy atom. The van der Waals surface area contributed by atoms with Gasteiger partial charge in [-0.05, 0) is 67.3 Å². The molecule has 1 atom stereocenters. The Morgan fingerprint density at radius 1 is 0.816 bits per heavy atom. The zero-order chi connectivity index (χ0) is 33.7. The van der Waals surface area contributed by atoms with Crippen LogP contribution in [-0.4, -0.2) is 65.7 Å². The first kappa shape index (κ1) is 35.8. The van der Waals surface area contributed by atoms with Crippen LogP contribution in [0.3, 0.4) is 0 Å². The summed E-state index contributed by atoms with van der Waals surface area (Å²) >= 11 is 0. The molecule has 5 aromatic rings. The van der Waals surface area contributed by atoms with Crippen molar-refractivity contribution in [3.05, 3.63) is 131 Å². The van der Waals surface area contributed by atoms with Gasteiger partial charge in [0.1, 0.15) is 12.4 Å². The summed E-state index contributed by atoms with van der Waals surface area (Å²) in [5, 5.41) is 0. The fraction of sp³-hybridized carbons (Fsp3) is 0.297. The molecule has 0 aliphatic carbocycles. The molecule has 12 heteroatoms. The number of piperidine rings is 1. The summed E-state index contributed by atoms with van der Waals surface area (Å²) in [7, 11) is -2.69. The molecule has 0 saturated carbocycles. The van der Waals surface area contributed by atoms with E-state index in [1.807, 2.05) is 36.4 Å². The molecule has 1 amide bonds. The summed E-state index contributed by atoms with van der Waals surface area (Å²) < 4.78 is 40.9. The molecule has 1 aliphatic rings. The number of imidazole rings is 1. The van der Waals surface area contributed by atoms with Crippen molar-refractivity contribution in [1.29, 1.82) is 0 Å². The summed E-state index contributed by atoms with van der Waals surface area (Å²) in [6, 6.07) is 33.0. The maximum Gasteiger partial charge on any atom is 0.409 e. The maximum absolute atomic E-state index is 13.9. The van der Waals surface area contributed by atoms with Crippen molar-refractivity contribution in [2.45, 2.75) is 49.8 Å². The third kappa shape index (κ3) is 7.87. The number of amides is 1. The second-order valence-corrected chi connectivity index (χ2v) is 13.9. The molecule has 49 heavy (non-hydrogen) atoms. The minimum Gasteiger partial charge on any atom is -0.497 e. The Balaban J connectivity index is 0.00000468. The molecule has 4 aromatic carbocycles. The molecule has 1 saturated heterocycles. The normalized spacial score (nSPS) is 14.4. The van der Waals surface area contributed by atoms with E-state index in [9.17, 15) is 18.0 Å². The Labute approximate surface area is 294 Å². The molecule has 1 fully saturated rings. The Bertz CT molecular complexity index is 1970. The van der Waals surface area contributed by atoms with Gasteiger partial charge in [0, 0.05) is 38.3 Å². The van der Waals surface area contributed by atoms with Gasteiger partial charge in [0.05, 0.1) is 23.0 Å². The number of fused-ring (bicyclic) bond motifs is 1. The summed E-state index contributed by atoms with van der Waals surface area (Å²) in [5.74, 6) is 0.514. The van der Waals surface area contributed by atoms with Crippen molar-refractivity contribution in [3.63, 3.8) is 0 Å². The maximum atomic E-state index is 13.9. The van der Waals surface area contributed by atoms with Crippen molar-refractivity contribution in [2.75, 3.05) is 26.8 Å². The average molecular weight is 703 g/mol. The van der Waals surface area contributed by atoms with Crippen molar-refractivity contribution in [3.8, 4) is 5.75 Å². The van der Waals surface area contributed by atoms with Gasteiger partial charge in [-0.3, -0.25) is 9.47 Å². The lowest BCUT2D eigenvalue weighted by Gasteiger charge is -2.33. The summed E-state index contributed by atoms with van der Waals surface area (Å²) in [4.78, 5) is 31.0. The van der Waals surface area contributed by atoms with Crippen LogP contribution in [0.5, 0.6) is 5.75 Å². The van der Waals surface area contributed by atoms with Crippen molar-refractivity contribution < 1.29 is 22.7 Å². The smallest absolute Gasteiger partial charge is 0.409 e. The summed E-state index contributed by atoms with van der Waals surface area (Å²) in [5.41, 5.74) is 2.58. The van der Waals surface area contributed by atoms with Crippen molar-refractivity contribution in [1.82, 2.24) is 18.3 Å². The first-order chi connectivity index (χ1) is 23.3. The number of likely N-dealkylation sites (tertiary alicyclic amines) is 1. The SMILES string of the molecule is COc1ccc(S(=O)(=O)n2c(=O)n(C3CCN(C(=O)OC[C@H](C)N(Cc4ccccc4)Cc4ccccc4)CC3)c3ccccc32)cc1.S. The van der Waals surface area contributed by atoms with Crippen LogP contribution in [0.25, 0.3) is 11.0 Å². The molecule has 0 unspecified atom stereocenters. The monoisotopic (exact) mass is 702 g/mol. The molecule has 1 aliphatic heterocycles. The van der Waals surface area contributed by atoms with Crippen LogP contribution in [-0.2, 0) is 27.8 Å². The predicted octanol–water partition coefficient (Wildman–Crippen LogP) is 6.03. The second kappa shape index (κ2) is 15.8. The van der Waals surface area contributed by atoms with Gasteiger partial charge < -0.3 is 14.4 Å². The molecule has 0 radical (unpaired) electrons. The van der Waals surface area contributed by atoms with E-state index in [2.05, 4.69) is 36.1 Å². The molecule has 258 valence electrons. The molecule has 6 rings (SSSR count). The highest BCUT2D eigenvalue weighted by atomic mass is 32.2. The Morgan fingerprint density at radius 2 is 1.35 bits per heavy atom. The van der Waals surface area contributed by atoms with Crippen LogP contribution in [0.1, 0.15) is 36.9 Å². The van der Waals surface area contributed by atoms with Crippen LogP contribution >= 0.6 is 13.5 Å². The van der Waals surface area contributed by atoms with E-state index in [1.54, 1.807) is 45.9 Å². The largest absolute Gasteiger partial charge is 0.497 e. The fourth-order valence-electron chi connectivity index (χ4n) is 6.28. The third-order valence-corrected chi connectivity index (χ3v) is 10.7. The predicted molar refractivity (Wildman–Crippen MR) is 195 cm³/mol. The van der Waals surface area contributed by atoms with Crippen molar-refractivity contribution >= 4 is 40.6 Å². The molecule has 0 N–H and O–H groups in total. The van der Waals surface area contributed by atoms with E-state index in [-0.39, 0.29) is 37.1 Å². The average Bonchev–Trinajstić information content (AvgIpc) is 3.43. The standard InChI is InChI=1S/C37H40N4O6S.H2S/c1-28(39(25-29-11-5-3-6-12-29)26-30-13-7-4-8-14-30)27-47-37(43)38-23-21-31(22-24-38)40-34-15-9-10-16-35(34)41(36(40)42)48(44,45)33-19-17-32(46-2)18-20-33;/h3-20,28,31H,21-27H2,1-2H3;1H2/t28-;/m0./s1. The summed E-state index contributed by atoms with van der Waals surface area (Å²) in [6.07, 6.45) is 0.571. The zero-order valence-electron chi connectivity index (χ0n) is 27.6. The highest BCUT2D eigenvalue weighted by molar-refractivity contribution is 7.90. The molecular formula is C37H42N4O6S2. The number of methoxy groups -OCH3 is 1. The highest BCUT2D eigenvalue weighted by Crippen LogP contribution is 2.28. The number of benzene rings is 4. The van der Waals surface area contributed by atoms with Gasteiger partial charge in [-0.25, -0.2) is 18.0 Å². The van der Waals surface area contributed by atoms with Gasteiger partial charge in [-0.15, -0.1) is 0 Å². The number of nitrogens with zero attached hydrogens (tertiary/aromatic N) is 4. The molecule has 10 nitrogen and oxygen atoms in total. The lowest BCUT2D eigenvalue weighted by Crippen LogP contribution is -2.43. The van der Waals surface area contributed by atoms with Gasteiger partial charge in [-0.1, -0.05) is 72.8 Å². The van der Waals surface area contributed by atoms with Crippen LogP contribution < -0.4 is 10.4 Å². The van der Waals surface area contributed by atoms with E-state index >= 15 is 0 Å². The van der Waals surface area contributed by atoms with Crippen LogP contribution in [0, 0.1) is 0 Å². The van der Waals surface area contributed by atoms with Gasteiger partial charge >= 0.3 is 11.8 Å². The Kier molecular flexibility index (Phi) is 11.5. The van der Waals surface area contributed by atoms with E-state index < -0.39 is 21.8 Å². The lowest BCUT2D eigenvalue weighted by molar-refractivity contribution is 0.0567. The second-order valence-electron chi connectivity index (χ2n) is 12.1. The summed E-state index contributed by atoms with van der Waals surface area (Å²) in [6.45, 7) is 4.49. The number of hydrogen-bond donors (Lipinski definition) is 0. The van der Waals surface area contributed by atoms with E-state index in [1.165, 1.54) is 30.4 Å². The molecule has 2 heterocycles. The van der Waals surface area contributed by atoms with Gasteiger partial charge in [0.2, 0.25) is 0 Å². The van der Waals surface area contributed by atoms with Gasteiger partial charge in [-0.2, -0.15) is 17.5 Å². The third-order valence-electron chi connectivity index (χ3n) is 8.95. The fourth-order valence-corrected chi connectivity index (χ4v) is 7.68. The minimum absolute atomic E-state index is 0. The first-order valence-electron chi connectivity index (χ1n) is 16.1. The van der Waals surface area contributed by atoms with E-state index in [4.69, 9.17) is 9.47 Å². The number of para-hydroxylation sites is 2. The topological polar surface area (TPSA) is 103 Å². The highest BCUT2D eigenvalue weighted by Gasteiger charge is 2.31. The molecule has 1 aromatic heterocycles. The Hall–Kier alpha value is -4.52. The number of carbonyl (C=O) groups excluding carboxylic acids is 1. The van der Waals surface area contributed by atoms with E-state index in [0.717, 1.165) is 17.1 Å². The molecular weight excluding hydrogens is 661 g/mol. The van der Waals surface area contributed by atoms with Crippen LogP contribution in [0.4, 0.5) is 4.79 Å². The lowest BCUT2D eigenvalue weighted by atomic mass is 10.0. The molecule has 0 bridgehead atoms. The number of hydrogen-bond acceptors (Lipinski definition) is 7. The number of rotatable bonds is 11. The van der Waals surface area contributed by atoms with Crippen molar-refractivity contribution in [2.24, 2.45) is 0 Å². The number of carbonyl (C=O) groups is 1. The van der Waals surface area contributed by atoms with E-state index in [0.29, 0.717) is 42.7 Å².